The Hall–Kier alpha value is -3.27. The molecular weight excluding hydrogens is 558 g/mol. The molecule has 0 saturated heterocycles. The number of hydrogen-bond donors (Lipinski definition) is 3. The van der Waals surface area contributed by atoms with Crippen LogP contribution in [0, 0.1) is 5.82 Å². The van der Waals surface area contributed by atoms with Crippen molar-refractivity contribution in [3.63, 3.8) is 0 Å². The molecule has 2 heterocycles. The number of nitrogens with zero attached hydrogens (tertiary/aromatic N) is 2. The van der Waals surface area contributed by atoms with Gasteiger partial charge in [0.15, 0.2) is 0 Å². The minimum Gasteiger partial charge on any atom is -1.00 e. The third kappa shape index (κ3) is 6.95. The Morgan fingerprint density at radius 1 is 0.930 bits per heavy atom. The first kappa shape index (κ1) is 32.6. The first-order valence-corrected chi connectivity index (χ1v) is 14.2. The molecule has 0 unspecified atom stereocenters. The van der Waals surface area contributed by atoms with Crippen molar-refractivity contribution in [2.45, 2.75) is 64.3 Å². The van der Waals surface area contributed by atoms with Crippen LogP contribution in [0.1, 0.15) is 51.8 Å². The summed E-state index contributed by atoms with van der Waals surface area (Å²) in [6, 6.07) is 23.7. The van der Waals surface area contributed by atoms with E-state index in [1.165, 1.54) is 12.1 Å². The van der Waals surface area contributed by atoms with Crippen LogP contribution in [-0.2, 0) is 17.8 Å². The number of aliphatic hydroxyl groups is 2. The van der Waals surface area contributed by atoms with Gasteiger partial charge in [-0.2, -0.15) is 0 Å². The van der Waals surface area contributed by atoms with Crippen molar-refractivity contribution in [3.05, 3.63) is 106 Å². The summed E-state index contributed by atoms with van der Waals surface area (Å²) in [5, 5.41) is 31.6. The second kappa shape index (κ2) is 14.0. The minimum atomic E-state index is -1.15. The fourth-order valence-corrected chi connectivity index (χ4v) is 5.95. The third-order valence-corrected chi connectivity index (χ3v) is 7.72. The standard InChI is InChI=1S/C34H35FN2O5.Na.H/c1-21(2)37-29(17-16-25(38)18-26(39)19-30(40)41)31(23-8-4-3-5-9-23)32-27-10-6-7-11-28(27)36(34(42)33(32)37)20-22-12-14-24(35)15-13-22;;/h3-15,21,25-26,38-39H,16-20H2,1-2H3,(H,40,41);;/q;+1;-1/t25-,26-;;/m1../s1. The number of para-hydroxylation sites is 1. The van der Waals surface area contributed by atoms with E-state index in [1.54, 1.807) is 16.7 Å². The van der Waals surface area contributed by atoms with E-state index in [4.69, 9.17) is 5.11 Å². The fourth-order valence-electron chi connectivity index (χ4n) is 5.95. The monoisotopic (exact) mass is 594 g/mol. The first-order chi connectivity index (χ1) is 20.2. The molecule has 0 aliphatic rings. The average Bonchev–Trinajstić information content (AvgIpc) is 3.31. The number of rotatable bonds is 11. The van der Waals surface area contributed by atoms with Crippen molar-refractivity contribution in [3.8, 4) is 11.1 Å². The molecule has 5 rings (SSSR count). The molecule has 2 atom stereocenters. The summed E-state index contributed by atoms with van der Waals surface area (Å²) in [4.78, 5) is 25.4. The molecule has 0 aliphatic heterocycles. The van der Waals surface area contributed by atoms with E-state index in [0.29, 0.717) is 11.9 Å². The van der Waals surface area contributed by atoms with E-state index in [1.807, 2.05) is 73.0 Å². The van der Waals surface area contributed by atoms with Crippen LogP contribution in [0.5, 0.6) is 0 Å². The third-order valence-electron chi connectivity index (χ3n) is 7.72. The zero-order chi connectivity index (χ0) is 30.0. The summed E-state index contributed by atoms with van der Waals surface area (Å²) < 4.78 is 17.4. The molecular formula is C34H36FN2NaO5. The zero-order valence-corrected chi connectivity index (χ0v) is 26.7. The predicted molar refractivity (Wildman–Crippen MR) is 163 cm³/mol. The molecule has 5 aromatic rings. The number of halogens is 1. The van der Waals surface area contributed by atoms with Gasteiger partial charge in [0, 0.05) is 28.1 Å². The van der Waals surface area contributed by atoms with Gasteiger partial charge in [0.25, 0.3) is 5.56 Å². The van der Waals surface area contributed by atoms with E-state index in [-0.39, 0.29) is 67.8 Å². The summed E-state index contributed by atoms with van der Waals surface area (Å²) in [6.45, 7) is 4.31. The molecule has 3 N–H and O–H groups in total. The molecule has 2 aromatic heterocycles. The zero-order valence-electron chi connectivity index (χ0n) is 25.7. The maximum atomic E-state index is 14.5. The van der Waals surface area contributed by atoms with Crippen LogP contribution < -0.4 is 35.1 Å². The Morgan fingerprint density at radius 2 is 1.58 bits per heavy atom. The first-order valence-electron chi connectivity index (χ1n) is 14.2. The number of aromatic nitrogens is 2. The van der Waals surface area contributed by atoms with Gasteiger partial charge in [0.1, 0.15) is 11.3 Å². The molecule has 0 amide bonds. The number of aliphatic hydroxyl groups excluding tert-OH is 2. The van der Waals surface area contributed by atoms with Crippen LogP contribution in [0.25, 0.3) is 32.9 Å². The van der Waals surface area contributed by atoms with Crippen molar-refractivity contribution in [1.29, 1.82) is 0 Å². The summed E-state index contributed by atoms with van der Waals surface area (Å²) in [5.41, 5.74) is 4.71. The van der Waals surface area contributed by atoms with Gasteiger partial charge < -0.3 is 25.9 Å². The molecule has 0 aliphatic carbocycles. The Bertz CT molecular complexity index is 1790. The fraction of sp³-hybridized carbons (Fsp3) is 0.294. The van der Waals surface area contributed by atoms with Crippen LogP contribution in [0.15, 0.2) is 83.7 Å². The van der Waals surface area contributed by atoms with E-state index < -0.39 is 24.6 Å². The molecule has 0 radical (unpaired) electrons. The van der Waals surface area contributed by atoms with Crippen LogP contribution in [0.4, 0.5) is 4.39 Å². The van der Waals surface area contributed by atoms with E-state index >= 15 is 0 Å². The van der Waals surface area contributed by atoms with Crippen molar-refractivity contribution < 1.29 is 55.5 Å². The van der Waals surface area contributed by atoms with Crippen molar-refractivity contribution >= 4 is 27.8 Å². The van der Waals surface area contributed by atoms with Gasteiger partial charge >= 0.3 is 35.5 Å². The molecule has 220 valence electrons. The van der Waals surface area contributed by atoms with Gasteiger partial charge in [-0.05, 0) is 62.4 Å². The van der Waals surface area contributed by atoms with Gasteiger partial charge in [-0.25, -0.2) is 4.39 Å². The van der Waals surface area contributed by atoms with Crippen molar-refractivity contribution in [1.82, 2.24) is 9.13 Å². The number of pyridine rings is 1. The quantitative estimate of drug-likeness (QED) is 0.204. The van der Waals surface area contributed by atoms with Gasteiger partial charge in [-0.1, -0.05) is 60.7 Å². The summed E-state index contributed by atoms with van der Waals surface area (Å²) in [6.07, 6.45) is -1.87. The minimum absolute atomic E-state index is 0. The normalized spacial score (nSPS) is 12.9. The average molecular weight is 595 g/mol. The summed E-state index contributed by atoms with van der Waals surface area (Å²) >= 11 is 0. The summed E-state index contributed by atoms with van der Waals surface area (Å²) in [5.74, 6) is -1.46. The number of fused-ring (bicyclic) bond motifs is 3. The Kier molecular flexibility index (Phi) is 10.6. The second-order valence-electron chi connectivity index (χ2n) is 11.1. The molecule has 3 aromatic carbocycles. The second-order valence-corrected chi connectivity index (χ2v) is 11.1. The molecule has 0 spiro atoms. The van der Waals surface area contributed by atoms with Crippen molar-refractivity contribution in [2.24, 2.45) is 0 Å². The summed E-state index contributed by atoms with van der Waals surface area (Å²) in [7, 11) is 0. The van der Waals surface area contributed by atoms with Gasteiger partial charge in [-0.3, -0.25) is 9.59 Å². The topological polar surface area (TPSA) is 105 Å². The Morgan fingerprint density at radius 3 is 2.23 bits per heavy atom. The van der Waals surface area contributed by atoms with Gasteiger partial charge in [0.2, 0.25) is 0 Å². The van der Waals surface area contributed by atoms with Gasteiger partial charge in [0.05, 0.1) is 30.7 Å². The maximum Gasteiger partial charge on any atom is 1.00 e. The van der Waals surface area contributed by atoms with E-state index in [9.17, 15) is 24.2 Å². The number of benzene rings is 3. The van der Waals surface area contributed by atoms with Crippen LogP contribution in [0.3, 0.4) is 0 Å². The van der Waals surface area contributed by atoms with Crippen LogP contribution in [0.2, 0.25) is 0 Å². The number of carbonyl (C=O) groups is 1. The number of hydrogen-bond acceptors (Lipinski definition) is 4. The smallest absolute Gasteiger partial charge is 1.00 e. The molecule has 7 nitrogen and oxygen atoms in total. The number of carboxylic acids is 1. The Labute approximate surface area is 273 Å². The predicted octanol–water partition coefficient (Wildman–Crippen LogP) is 3.03. The molecule has 0 bridgehead atoms. The maximum absolute atomic E-state index is 14.5. The largest absolute Gasteiger partial charge is 1.00 e. The SMILES string of the molecule is CC(C)n1c(CC[C@@H](O)C[C@@H](O)CC(=O)O)c(-c2ccccc2)c2c3ccccc3n(Cc3ccc(F)cc3)c(=O)c21.[H-].[Na+]. The number of aliphatic carboxylic acids is 1. The molecule has 0 saturated carbocycles. The molecule has 9 heteroatoms. The van der Waals surface area contributed by atoms with E-state index in [0.717, 1.165) is 38.7 Å². The van der Waals surface area contributed by atoms with Crippen LogP contribution in [-0.4, -0.2) is 42.6 Å². The van der Waals surface area contributed by atoms with Crippen molar-refractivity contribution in [2.75, 3.05) is 0 Å². The molecule has 0 fully saturated rings. The number of carboxylic acid groups (broad SMARTS) is 1. The van der Waals surface area contributed by atoms with Gasteiger partial charge in [-0.15, -0.1) is 0 Å². The molecule has 43 heavy (non-hydrogen) atoms. The van der Waals surface area contributed by atoms with E-state index in [2.05, 4.69) is 0 Å². The Balaban J connectivity index is 0.00000264. The van der Waals surface area contributed by atoms with Crippen LogP contribution >= 0.6 is 0 Å².